The SMILES string of the molecule is COc1cc(Nc2nncc(Nc3cc(C)ccc3C)n2)c(OC)cc1Cl. The number of benzene rings is 2. The molecule has 27 heavy (non-hydrogen) atoms. The van der Waals surface area contributed by atoms with Crippen molar-refractivity contribution in [3.8, 4) is 11.5 Å². The molecule has 0 bridgehead atoms. The van der Waals surface area contributed by atoms with Gasteiger partial charge in [0.05, 0.1) is 31.1 Å². The fourth-order valence-corrected chi connectivity index (χ4v) is 2.73. The van der Waals surface area contributed by atoms with Crippen LogP contribution >= 0.6 is 11.6 Å². The lowest BCUT2D eigenvalue weighted by Gasteiger charge is -2.13. The number of anilines is 4. The summed E-state index contributed by atoms with van der Waals surface area (Å²) in [7, 11) is 3.10. The molecule has 0 radical (unpaired) electrons. The number of nitrogens with one attached hydrogen (secondary N) is 2. The predicted octanol–water partition coefficient (Wildman–Crippen LogP) is 4.65. The highest BCUT2D eigenvalue weighted by Crippen LogP contribution is 2.36. The van der Waals surface area contributed by atoms with E-state index in [0.29, 0.717) is 34.0 Å². The molecule has 0 saturated heterocycles. The molecule has 1 heterocycles. The van der Waals surface area contributed by atoms with E-state index in [9.17, 15) is 0 Å². The van der Waals surface area contributed by atoms with Crippen molar-refractivity contribution in [2.45, 2.75) is 13.8 Å². The molecule has 3 aromatic rings. The summed E-state index contributed by atoms with van der Waals surface area (Å²) in [6.45, 7) is 4.07. The molecule has 0 spiro atoms. The molecule has 0 fully saturated rings. The quantitative estimate of drug-likeness (QED) is 0.639. The lowest BCUT2D eigenvalue weighted by molar-refractivity contribution is 0.405. The van der Waals surface area contributed by atoms with Gasteiger partial charge in [0.2, 0.25) is 5.95 Å². The maximum Gasteiger partial charge on any atom is 0.249 e. The Morgan fingerprint density at radius 1 is 0.926 bits per heavy atom. The van der Waals surface area contributed by atoms with Gasteiger partial charge < -0.3 is 20.1 Å². The summed E-state index contributed by atoms with van der Waals surface area (Å²) in [4.78, 5) is 4.46. The van der Waals surface area contributed by atoms with Crippen LogP contribution in [0.5, 0.6) is 11.5 Å². The smallest absolute Gasteiger partial charge is 0.249 e. The van der Waals surface area contributed by atoms with Crippen LogP contribution in [0.3, 0.4) is 0 Å². The summed E-state index contributed by atoms with van der Waals surface area (Å²) in [5, 5.41) is 14.8. The van der Waals surface area contributed by atoms with Crippen LogP contribution in [-0.4, -0.2) is 29.4 Å². The van der Waals surface area contributed by atoms with Crippen molar-refractivity contribution >= 4 is 34.7 Å². The van der Waals surface area contributed by atoms with E-state index in [2.05, 4.69) is 44.0 Å². The van der Waals surface area contributed by atoms with Gasteiger partial charge in [-0.3, -0.25) is 0 Å². The summed E-state index contributed by atoms with van der Waals surface area (Å²) in [5.74, 6) is 1.93. The number of rotatable bonds is 6. The molecule has 0 atom stereocenters. The normalized spacial score (nSPS) is 10.4. The first-order chi connectivity index (χ1) is 13.0. The summed E-state index contributed by atoms with van der Waals surface area (Å²) in [5.41, 5.74) is 3.84. The molecular formula is C19H20ClN5O2. The van der Waals surface area contributed by atoms with E-state index in [1.807, 2.05) is 13.8 Å². The van der Waals surface area contributed by atoms with Gasteiger partial charge in [0.15, 0.2) is 5.82 Å². The Morgan fingerprint density at radius 2 is 1.70 bits per heavy atom. The van der Waals surface area contributed by atoms with Crippen LogP contribution < -0.4 is 20.1 Å². The highest BCUT2D eigenvalue weighted by atomic mass is 35.5. The van der Waals surface area contributed by atoms with E-state index < -0.39 is 0 Å². The van der Waals surface area contributed by atoms with E-state index in [1.165, 1.54) is 0 Å². The summed E-state index contributed by atoms with van der Waals surface area (Å²) < 4.78 is 10.6. The zero-order valence-corrected chi connectivity index (χ0v) is 16.3. The van der Waals surface area contributed by atoms with Gasteiger partial charge in [0.25, 0.3) is 0 Å². The summed E-state index contributed by atoms with van der Waals surface area (Å²) in [6.07, 6.45) is 1.56. The molecular weight excluding hydrogens is 366 g/mol. The number of methoxy groups -OCH3 is 2. The second-order valence-corrected chi connectivity index (χ2v) is 6.33. The van der Waals surface area contributed by atoms with Gasteiger partial charge in [-0.25, -0.2) is 0 Å². The number of halogens is 1. The Labute approximate surface area is 162 Å². The summed E-state index contributed by atoms with van der Waals surface area (Å²) >= 11 is 6.14. The van der Waals surface area contributed by atoms with Gasteiger partial charge in [0.1, 0.15) is 11.5 Å². The van der Waals surface area contributed by atoms with Gasteiger partial charge in [0, 0.05) is 17.8 Å². The lowest BCUT2D eigenvalue weighted by atomic mass is 10.1. The average Bonchev–Trinajstić information content (AvgIpc) is 2.66. The second-order valence-electron chi connectivity index (χ2n) is 5.92. The van der Waals surface area contributed by atoms with E-state index >= 15 is 0 Å². The van der Waals surface area contributed by atoms with E-state index in [4.69, 9.17) is 21.1 Å². The van der Waals surface area contributed by atoms with E-state index in [1.54, 1.807) is 32.5 Å². The molecule has 0 aliphatic carbocycles. The molecule has 0 unspecified atom stereocenters. The van der Waals surface area contributed by atoms with Crippen molar-refractivity contribution in [2.24, 2.45) is 0 Å². The van der Waals surface area contributed by atoms with E-state index in [-0.39, 0.29) is 0 Å². The van der Waals surface area contributed by atoms with Crippen LogP contribution in [0.15, 0.2) is 36.5 Å². The fraction of sp³-hybridized carbons (Fsp3) is 0.211. The van der Waals surface area contributed by atoms with Crippen LogP contribution in [0.2, 0.25) is 5.02 Å². The first-order valence-corrected chi connectivity index (χ1v) is 8.60. The molecule has 7 nitrogen and oxygen atoms in total. The van der Waals surface area contributed by atoms with Crippen molar-refractivity contribution in [2.75, 3.05) is 24.9 Å². The highest BCUT2D eigenvalue weighted by Gasteiger charge is 2.12. The highest BCUT2D eigenvalue weighted by molar-refractivity contribution is 6.32. The first kappa shape index (κ1) is 18.7. The van der Waals surface area contributed by atoms with Crippen molar-refractivity contribution in [3.05, 3.63) is 52.7 Å². The number of aromatic nitrogens is 3. The van der Waals surface area contributed by atoms with Crippen LogP contribution in [0.4, 0.5) is 23.1 Å². The molecule has 0 saturated carbocycles. The maximum absolute atomic E-state index is 6.14. The van der Waals surface area contributed by atoms with E-state index in [0.717, 1.165) is 16.8 Å². The van der Waals surface area contributed by atoms with Gasteiger partial charge >= 0.3 is 0 Å². The van der Waals surface area contributed by atoms with Gasteiger partial charge in [-0.2, -0.15) is 10.1 Å². The van der Waals surface area contributed by atoms with Crippen LogP contribution in [-0.2, 0) is 0 Å². The topological polar surface area (TPSA) is 81.2 Å². The Hall–Kier alpha value is -3.06. The molecule has 0 amide bonds. The monoisotopic (exact) mass is 385 g/mol. The second kappa shape index (κ2) is 8.09. The first-order valence-electron chi connectivity index (χ1n) is 8.22. The Morgan fingerprint density at radius 3 is 2.44 bits per heavy atom. The molecule has 3 rings (SSSR count). The van der Waals surface area contributed by atoms with Crippen LogP contribution in [0, 0.1) is 13.8 Å². The minimum Gasteiger partial charge on any atom is -0.495 e. The van der Waals surface area contributed by atoms with Crippen molar-refractivity contribution in [1.29, 1.82) is 0 Å². The molecule has 0 aliphatic heterocycles. The van der Waals surface area contributed by atoms with Crippen molar-refractivity contribution in [1.82, 2.24) is 15.2 Å². The maximum atomic E-state index is 6.14. The molecule has 0 aliphatic rings. The average molecular weight is 386 g/mol. The Bertz CT molecular complexity index is 965. The number of hydrogen-bond acceptors (Lipinski definition) is 7. The standard InChI is InChI=1S/C19H20ClN5O2/c1-11-5-6-12(2)14(7-11)22-18-10-21-25-19(24-18)23-15-9-16(26-3)13(20)8-17(15)27-4/h5-10H,1-4H3,(H2,22,23,24,25). The zero-order chi connectivity index (χ0) is 19.4. The van der Waals surface area contributed by atoms with Gasteiger partial charge in [-0.05, 0) is 31.0 Å². The predicted molar refractivity (Wildman–Crippen MR) is 107 cm³/mol. The zero-order valence-electron chi connectivity index (χ0n) is 15.5. The number of ether oxygens (including phenoxy) is 2. The third kappa shape index (κ3) is 4.38. The third-order valence-corrected chi connectivity index (χ3v) is 4.23. The molecule has 2 aromatic carbocycles. The third-order valence-electron chi connectivity index (χ3n) is 3.94. The number of aryl methyl sites for hydroxylation is 2. The molecule has 140 valence electrons. The van der Waals surface area contributed by atoms with Gasteiger partial charge in [-0.15, -0.1) is 5.10 Å². The molecule has 1 aromatic heterocycles. The van der Waals surface area contributed by atoms with Crippen molar-refractivity contribution < 1.29 is 9.47 Å². The van der Waals surface area contributed by atoms with Crippen molar-refractivity contribution in [3.63, 3.8) is 0 Å². The van der Waals surface area contributed by atoms with Crippen LogP contribution in [0.1, 0.15) is 11.1 Å². The Balaban J connectivity index is 1.87. The molecule has 2 N–H and O–H groups in total. The number of hydrogen-bond donors (Lipinski definition) is 2. The fourth-order valence-electron chi connectivity index (χ4n) is 2.50. The lowest BCUT2D eigenvalue weighted by Crippen LogP contribution is -2.04. The minimum atomic E-state index is 0.313. The largest absolute Gasteiger partial charge is 0.495 e. The van der Waals surface area contributed by atoms with Gasteiger partial charge in [-0.1, -0.05) is 23.7 Å². The Kier molecular flexibility index (Phi) is 5.61. The molecule has 8 heteroatoms. The van der Waals surface area contributed by atoms with Crippen LogP contribution in [0.25, 0.3) is 0 Å². The number of nitrogens with zero attached hydrogens (tertiary/aromatic N) is 3. The minimum absolute atomic E-state index is 0.313. The summed E-state index contributed by atoms with van der Waals surface area (Å²) in [6, 6.07) is 9.55.